The van der Waals surface area contributed by atoms with Crippen molar-refractivity contribution in [2.24, 2.45) is 5.73 Å². The fraction of sp³-hybridized carbons (Fsp3) is 0.188. The standard InChI is InChI=1S/C16H15Cl2NO4S/c1-2-24(21,22)13-3-4-15(14(18)9-13)23-12-6-10(7-16(19)20)5-11(17)8-12/h3-6,8-9H,2,7H2,1H3,(H2,19,20). The fourth-order valence-corrected chi connectivity index (χ4v) is 3.47. The summed E-state index contributed by atoms with van der Waals surface area (Å²) in [6.45, 7) is 1.56. The number of carbonyl (C=O) groups is 1. The molecule has 2 rings (SSSR count). The van der Waals surface area contributed by atoms with E-state index < -0.39 is 15.7 Å². The maximum atomic E-state index is 11.9. The first-order chi connectivity index (χ1) is 11.2. The molecule has 0 aliphatic rings. The molecule has 0 saturated heterocycles. The molecular formula is C16H15Cl2NO4S. The van der Waals surface area contributed by atoms with Crippen molar-refractivity contribution in [1.82, 2.24) is 0 Å². The van der Waals surface area contributed by atoms with Crippen LogP contribution in [0.5, 0.6) is 11.5 Å². The van der Waals surface area contributed by atoms with E-state index in [1.54, 1.807) is 25.1 Å². The van der Waals surface area contributed by atoms with E-state index in [-0.39, 0.29) is 27.8 Å². The van der Waals surface area contributed by atoms with Crippen molar-refractivity contribution in [1.29, 1.82) is 0 Å². The van der Waals surface area contributed by atoms with Crippen LogP contribution in [0.3, 0.4) is 0 Å². The van der Waals surface area contributed by atoms with Gasteiger partial charge in [-0.25, -0.2) is 8.42 Å². The summed E-state index contributed by atoms with van der Waals surface area (Å²) in [6, 6.07) is 9.01. The van der Waals surface area contributed by atoms with Gasteiger partial charge in [0.1, 0.15) is 11.5 Å². The van der Waals surface area contributed by atoms with E-state index in [4.69, 9.17) is 33.7 Å². The van der Waals surface area contributed by atoms with Gasteiger partial charge in [0.15, 0.2) is 9.84 Å². The van der Waals surface area contributed by atoms with E-state index in [0.29, 0.717) is 16.3 Å². The van der Waals surface area contributed by atoms with Crippen LogP contribution in [0.25, 0.3) is 0 Å². The van der Waals surface area contributed by atoms with Crippen molar-refractivity contribution in [3.05, 3.63) is 52.0 Å². The molecule has 8 heteroatoms. The van der Waals surface area contributed by atoms with Crippen molar-refractivity contribution in [3.8, 4) is 11.5 Å². The number of rotatable bonds is 6. The molecule has 0 saturated carbocycles. The minimum absolute atomic E-state index is 0.0195. The van der Waals surface area contributed by atoms with Crippen molar-refractivity contribution in [3.63, 3.8) is 0 Å². The summed E-state index contributed by atoms with van der Waals surface area (Å²) in [6.07, 6.45) is 0.0261. The summed E-state index contributed by atoms with van der Waals surface area (Å²) < 4.78 is 29.4. The van der Waals surface area contributed by atoms with E-state index >= 15 is 0 Å². The van der Waals surface area contributed by atoms with Crippen molar-refractivity contribution in [2.45, 2.75) is 18.2 Å². The van der Waals surface area contributed by atoms with Gasteiger partial charge in [-0.05, 0) is 42.0 Å². The zero-order valence-corrected chi connectivity index (χ0v) is 15.1. The molecule has 1 amide bonds. The van der Waals surface area contributed by atoms with Gasteiger partial charge in [0.25, 0.3) is 0 Å². The molecule has 0 spiro atoms. The minimum atomic E-state index is -3.35. The zero-order valence-electron chi connectivity index (χ0n) is 12.8. The van der Waals surface area contributed by atoms with Crippen LogP contribution in [-0.4, -0.2) is 20.1 Å². The number of hydrogen-bond donors (Lipinski definition) is 1. The first-order valence-electron chi connectivity index (χ1n) is 6.99. The van der Waals surface area contributed by atoms with E-state index in [9.17, 15) is 13.2 Å². The second kappa shape index (κ2) is 7.42. The van der Waals surface area contributed by atoms with Crippen molar-refractivity contribution < 1.29 is 17.9 Å². The van der Waals surface area contributed by atoms with Gasteiger partial charge in [-0.3, -0.25) is 4.79 Å². The van der Waals surface area contributed by atoms with E-state index in [1.807, 2.05) is 0 Å². The predicted molar refractivity (Wildman–Crippen MR) is 93.6 cm³/mol. The Labute approximate surface area is 150 Å². The number of amides is 1. The molecule has 0 bridgehead atoms. The Morgan fingerprint density at radius 3 is 2.46 bits per heavy atom. The molecule has 0 unspecified atom stereocenters. The Hall–Kier alpha value is -1.76. The smallest absolute Gasteiger partial charge is 0.221 e. The normalized spacial score (nSPS) is 11.3. The second-order valence-corrected chi connectivity index (χ2v) is 8.16. The average Bonchev–Trinajstić information content (AvgIpc) is 2.48. The van der Waals surface area contributed by atoms with Crippen LogP contribution < -0.4 is 10.5 Å². The van der Waals surface area contributed by atoms with Gasteiger partial charge in [0.05, 0.1) is 22.1 Å². The van der Waals surface area contributed by atoms with Crippen molar-refractivity contribution in [2.75, 3.05) is 5.75 Å². The number of halogens is 2. The SMILES string of the molecule is CCS(=O)(=O)c1ccc(Oc2cc(Cl)cc(CC(N)=O)c2)c(Cl)c1. The summed E-state index contributed by atoms with van der Waals surface area (Å²) in [4.78, 5) is 11.2. The van der Waals surface area contributed by atoms with Gasteiger partial charge in [0, 0.05) is 5.02 Å². The minimum Gasteiger partial charge on any atom is -0.456 e. The molecule has 2 N–H and O–H groups in total. The third-order valence-electron chi connectivity index (χ3n) is 3.18. The predicted octanol–water partition coefficient (Wildman–Crippen LogP) is 3.61. The number of benzene rings is 2. The lowest BCUT2D eigenvalue weighted by atomic mass is 10.1. The van der Waals surface area contributed by atoms with Gasteiger partial charge < -0.3 is 10.5 Å². The number of hydrogen-bond acceptors (Lipinski definition) is 4. The van der Waals surface area contributed by atoms with Gasteiger partial charge in [-0.15, -0.1) is 0 Å². The Morgan fingerprint density at radius 2 is 1.88 bits per heavy atom. The largest absolute Gasteiger partial charge is 0.456 e. The molecule has 0 aromatic heterocycles. The summed E-state index contributed by atoms with van der Waals surface area (Å²) in [5.74, 6) is 0.134. The molecule has 2 aromatic carbocycles. The summed E-state index contributed by atoms with van der Waals surface area (Å²) in [7, 11) is -3.35. The summed E-state index contributed by atoms with van der Waals surface area (Å²) >= 11 is 12.1. The average molecular weight is 388 g/mol. The first-order valence-corrected chi connectivity index (χ1v) is 9.40. The van der Waals surface area contributed by atoms with Gasteiger partial charge in [-0.2, -0.15) is 0 Å². The number of sulfone groups is 1. The second-order valence-electron chi connectivity index (χ2n) is 5.04. The highest BCUT2D eigenvalue weighted by molar-refractivity contribution is 7.91. The third kappa shape index (κ3) is 4.63. The molecule has 128 valence electrons. The van der Waals surface area contributed by atoms with Crippen LogP contribution in [0.2, 0.25) is 10.0 Å². The summed E-state index contributed by atoms with van der Waals surface area (Å²) in [5.41, 5.74) is 5.77. The Morgan fingerprint density at radius 1 is 1.17 bits per heavy atom. The van der Waals surface area contributed by atoms with E-state index in [1.165, 1.54) is 18.2 Å². The molecule has 0 fully saturated rings. The Balaban J connectivity index is 2.32. The molecule has 24 heavy (non-hydrogen) atoms. The van der Waals surface area contributed by atoms with Crippen LogP contribution in [-0.2, 0) is 21.1 Å². The Bertz CT molecular complexity index is 882. The highest BCUT2D eigenvalue weighted by Gasteiger charge is 2.14. The number of primary amides is 1. The lowest BCUT2D eigenvalue weighted by molar-refractivity contribution is -0.117. The van der Waals surface area contributed by atoms with E-state index in [0.717, 1.165) is 0 Å². The fourth-order valence-electron chi connectivity index (χ4n) is 2.03. The van der Waals surface area contributed by atoms with Crippen LogP contribution in [0.1, 0.15) is 12.5 Å². The summed E-state index contributed by atoms with van der Waals surface area (Å²) in [5, 5.41) is 0.533. The van der Waals surface area contributed by atoms with Crippen LogP contribution in [0, 0.1) is 0 Å². The van der Waals surface area contributed by atoms with Crippen LogP contribution >= 0.6 is 23.2 Å². The molecule has 0 heterocycles. The maximum absolute atomic E-state index is 11.9. The quantitative estimate of drug-likeness (QED) is 0.819. The molecule has 0 aliphatic carbocycles. The maximum Gasteiger partial charge on any atom is 0.221 e. The number of nitrogens with two attached hydrogens (primary N) is 1. The molecule has 0 aliphatic heterocycles. The number of carbonyl (C=O) groups excluding carboxylic acids is 1. The van der Waals surface area contributed by atoms with E-state index in [2.05, 4.69) is 0 Å². The topological polar surface area (TPSA) is 86.5 Å². The van der Waals surface area contributed by atoms with Gasteiger partial charge >= 0.3 is 0 Å². The molecule has 0 radical (unpaired) electrons. The lowest BCUT2D eigenvalue weighted by Gasteiger charge is -2.11. The lowest BCUT2D eigenvalue weighted by Crippen LogP contribution is -2.13. The van der Waals surface area contributed by atoms with Crippen molar-refractivity contribution >= 4 is 38.9 Å². The van der Waals surface area contributed by atoms with Crippen LogP contribution in [0.4, 0.5) is 0 Å². The Kier molecular flexibility index (Phi) is 5.74. The highest BCUT2D eigenvalue weighted by atomic mass is 35.5. The molecular weight excluding hydrogens is 373 g/mol. The third-order valence-corrected chi connectivity index (χ3v) is 5.43. The molecule has 5 nitrogen and oxygen atoms in total. The highest BCUT2D eigenvalue weighted by Crippen LogP contribution is 2.33. The monoisotopic (exact) mass is 387 g/mol. The first kappa shape index (κ1) is 18.6. The van der Waals surface area contributed by atoms with Gasteiger partial charge in [-0.1, -0.05) is 30.1 Å². The number of ether oxygens (including phenoxy) is 1. The zero-order chi connectivity index (χ0) is 17.9. The van der Waals surface area contributed by atoms with Gasteiger partial charge in [0.2, 0.25) is 5.91 Å². The molecule has 2 aromatic rings. The van der Waals surface area contributed by atoms with Crippen LogP contribution in [0.15, 0.2) is 41.3 Å². The molecule has 0 atom stereocenters.